The molecule has 0 unspecified atom stereocenters. The largest absolute Gasteiger partial charge is 0.573 e. The summed E-state index contributed by atoms with van der Waals surface area (Å²) in [5, 5.41) is 12.2. The van der Waals surface area contributed by atoms with Crippen LogP contribution in [-0.2, 0) is 17.9 Å². The van der Waals surface area contributed by atoms with Crippen molar-refractivity contribution in [3.05, 3.63) is 83.3 Å². The summed E-state index contributed by atoms with van der Waals surface area (Å²) in [6.07, 6.45) is -3.38. The third-order valence-electron chi connectivity index (χ3n) is 5.56. The maximum absolute atomic E-state index is 13.0. The summed E-state index contributed by atoms with van der Waals surface area (Å²) in [6.45, 7) is 0.0466. The zero-order valence-electron chi connectivity index (χ0n) is 19.9. The molecule has 3 N–H and O–H groups in total. The predicted octanol–water partition coefficient (Wildman–Crippen LogP) is 2.82. The van der Waals surface area contributed by atoms with E-state index in [1.807, 2.05) is 0 Å². The van der Waals surface area contributed by atoms with Crippen LogP contribution in [0.1, 0.15) is 32.1 Å². The number of benzene rings is 2. The molecule has 1 aliphatic rings. The molecule has 3 heterocycles. The van der Waals surface area contributed by atoms with Crippen LogP contribution in [0.3, 0.4) is 0 Å². The van der Waals surface area contributed by atoms with E-state index in [9.17, 15) is 27.6 Å². The average molecular weight is 540 g/mol. The standard InChI is InChI=1S/C25H19F3N6O5/c26-25(27,28)39-16-4-1-14(2-5-16)11-30-24(37)19-10-18(32-21-7-8-31-34(19)21)23(36)29-12-15-3-6-20-17(9-15)33-22(35)13-38-20/h1-10H,11-13H2,(H,29,36)(H,30,37)(H,33,35). The highest BCUT2D eigenvalue weighted by Crippen LogP contribution is 2.28. The molecule has 200 valence electrons. The van der Waals surface area contributed by atoms with Gasteiger partial charge < -0.3 is 25.4 Å². The lowest BCUT2D eigenvalue weighted by Crippen LogP contribution is -2.28. The molecule has 1 aliphatic heterocycles. The van der Waals surface area contributed by atoms with Crippen molar-refractivity contribution in [1.82, 2.24) is 25.2 Å². The molecule has 5 rings (SSSR count). The first kappa shape index (κ1) is 25.5. The second kappa shape index (κ2) is 10.3. The molecule has 11 nitrogen and oxygen atoms in total. The van der Waals surface area contributed by atoms with Gasteiger partial charge in [-0.05, 0) is 35.4 Å². The van der Waals surface area contributed by atoms with E-state index in [-0.39, 0.29) is 48.4 Å². The Balaban J connectivity index is 1.26. The first-order valence-electron chi connectivity index (χ1n) is 11.5. The molecule has 2 aromatic carbocycles. The lowest BCUT2D eigenvalue weighted by atomic mass is 10.1. The SMILES string of the molecule is O=C1COc2ccc(CNC(=O)c3cc(C(=O)NCc4ccc(OC(F)(F)F)cc4)n4nccc4n3)cc2N1. The molecule has 0 saturated carbocycles. The van der Waals surface area contributed by atoms with Crippen molar-refractivity contribution >= 4 is 29.1 Å². The van der Waals surface area contributed by atoms with Gasteiger partial charge in [-0.2, -0.15) is 5.10 Å². The summed E-state index contributed by atoms with van der Waals surface area (Å²) in [7, 11) is 0. The van der Waals surface area contributed by atoms with Crippen LogP contribution < -0.4 is 25.4 Å². The molecule has 0 radical (unpaired) electrons. The molecular weight excluding hydrogens is 521 g/mol. The predicted molar refractivity (Wildman–Crippen MR) is 129 cm³/mol. The fourth-order valence-electron chi connectivity index (χ4n) is 3.79. The number of alkyl halides is 3. The Kier molecular flexibility index (Phi) is 6.75. The number of nitrogens with zero attached hydrogens (tertiary/aromatic N) is 3. The van der Waals surface area contributed by atoms with Crippen LogP contribution in [0.4, 0.5) is 18.9 Å². The molecule has 39 heavy (non-hydrogen) atoms. The minimum atomic E-state index is -4.80. The third kappa shape index (κ3) is 6.06. The molecule has 0 aliphatic carbocycles. The summed E-state index contributed by atoms with van der Waals surface area (Å²) in [5.74, 6) is -1.26. The zero-order chi connectivity index (χ0) is 27.6. The van der Waals surface area contributed by atoms with E-state index < -0.39 is 18.2 Å². The molecule has 0 saturated heterocycles. The van der Waals surface area contributed by atoms with E-state index >= 15 is 0 Å². The number of rotatable bonds is 7. The van der Waals surface area contributed by atoms with Gasteiger partial charge in [0.05, 0.1) is 11.9 Å². The molecule has 4 aromatic rings. The Morgan fingerprint density at radius 3 is 2.49 bits per heavy atom. The molecular formula is C25H19F3N6O5. The van der Waals surface area contributed by atoms with Gasteiger partial charge in [0.2, 0.25) is 0 Å². The molecule has 0 atom stereocenters. The van der Waals surface area contributed by atoms with Gasteiger partial charge in [-0.15, -0.1) is 13.2 Å². The normalized spacial score (nSPS) is 12.7. The van der Waals surface area contributed by atoms with Crippen LogP contribution in [0.5, 0.6) is 11.5 Å². The molecule has 3 amide bonds. The number of hydrogen-bond acceptors (Lipinski definition) is 7. The number of ether oxygens (including phenoxy) is 2. The van der Waals surface area contributed by atoms with Gasteiger partial charge in [-0.3, -0.25) is 14.4 Å². The van der Waals surface area contributed by atoms with Crippen LogP contribution >= 0.6 is 0 Å². The van der Waals surface area contributed by atoms with Gasteiger partial charge in [0.25, 0.3) is 17.7 Å². The number of aromatic nitrogens is 3. The first-order chi connectivity index (χ1) is 18.6. The van der Waals surface area contributed by atoms with Crippen LogP contribution in [0.2, 0.25) is 0 Å². The lowest BCUT2D eigenvalue weighted by Gasteiger charge is -2.18. The van der Waals surface area contributed by atoms with Gasteiger partial charge >= 0.3 is 6.36 Å². The Morgan fingerprint density at radius 1 is 1.00 bits per heavy atom. The minimum Gasteiger partial charge on any atom is -0.482 e. The number of carbonyl (C=O) groups excluding carboxylic acids is 3. The fourth-order valence-corrected chi connectivity index (χ4v) is 3.79. The smallest absolute Gasteiger partial charge is 0.482 e. The average Bonchev–Trinajstić information content (AvgIpc) is 3.38. The van der Waals surface area contributed by atoms with E-state index in [0.29, 0.717) is 22.6 Å². The molecule has 2 aromatic heterocycles. The number of nitrogens with one attached hydrogen (secondary N) is 3. The topological polar surface area (TPSA) is 136 Å². The quantitative estimate of drug-likeness (QED) is 0.328. The van der Waals surface area contributed by atoms with Crippen molar-refractivity contribution in [2.45, 2.75) is 19.5 Å². The number of anilines is 1. The summed E-state index contributed by atoms with van der Waals surface area (Å²) < 4.78 is 47.5. The second-order valence-corrected chi connectivity index (χ2v) is 8.35. The van der Waals surface area contributed by atoms with Crippen molar-refractivity contribution < 1.29 is 37.0 Å². The van der Waals surface area contributed by atoms with E-state index in [1.165, 1.54) is 35.0 Å². The second-order valence-electron chi connectivity index (χ2n) is 8.35. The van der Waals surface area contributed by atoms with Crippen molar-refractivity contribution in [3.8, 4) is 11.5 Å². The highest BCUT2D eigenvalue weighted by atomic mass is 19.4. The van der Waals surface area contributed by atoms with E-state index in [4.69, 9.17) is 4.74 Å². The number of hydrogen-bond donors (Lipinski definition) is 3. The first-order valence-corrected chi connectivity index (χ1v) is 11.5. The summed E-state index contributed by atoms with van der Waals surface area (Å²) >= 11 is 0. The van der Waals surface area contributed by atoms with Crippen LogP contribution in [-0.4, -0.2) is 45.3 Å². The zero-order valence-corrected chi connectivity index (χ0v) is 19.9. The van der Waals surface area contributed by atoms with E-state index in [2.05, 4.69) is 30.8 Å². The summed E-state index contributed by atoms with van der Waals surface area (Å²) in [5.41, 5.74) is 1.97. The number of amides is 3. The van der Waals surface area contributed by atoms with Gasteiger partial charge in [-0.1, -0.05) is 18.2 Å². The van der Waals surface area contributed by atoms with Crippen molar-refractivity contribution in [2.24, 2.45) is 0 Å². The number of fused-ring (bicyclic) bond motifs is 2. The minimum absolute atomic E-state index is 0.00364. The van der Waals surface area contributed by atoms with Crippen LogP contribution in [0.15, 0.2) is 60.8 Å². The van der Waals surface area contributed by atoms with Crippen molar-refractivity contribution in [2.75, 3.05) is 11.9 Å². The molecule has 0 fully saturated rings. The van der Waals surface area contributed by atoms with Gasteiger partial charge in [0, 0.05) is 25.2 Å². The molecule has 0 spiro atoms. The van der Waals surface area contributed by atoms with Crippen molar-refractivity contribution in [3.63, 3.8) is 0 Å². The summed E-state index contributed by atoms with van der Waals surface area (Å²) in [6, 6.07) is 13.0. The fraction of sp³-hybridized carbons (Fsp3) is 0.160. The Morgan fingerprint density at radius 2 is 1.72 bits per heavy atom. The Bertz CT molecular complexity index is 1570. The van der Waals surface area contributed by atoms with Gasteiger partial charge in [0.1, 0.15) is 22.9 Å². The Hall–Kier alpha value is -5.14. The van der Waals surface area contributed by atoms with Gasteiger partial charge in [0.15, 0.2) is 12.3 Å². The molecule has 14 heteroatoms. The number of halogens is 3. The van der Waals surface area contributed by atoms with Crippen molar-refractivity contribution in [1.29, 1.82) is 0 Å². The van der Waals surface area contributed by atoms with Crippen LogP contribution in [0.25, 0.3) is 5.65 Å². The summed E-state index contributed by atoms with van der Waals surface area (Å²) in [4.78, 5) is 41.6. The maximum Gasteiger partial charge on any atom is 0.573 e. The highest BCUT2D eigenvalue weighted by Gasteiger charge is 2.31. The van der Waals surface area contributed by atoms with E-state index in [0.717, 1.165) is 12.1 Å². The lowest BCUT2D eigenvalue weighted by molar-refractivity contribution is -0.274. The highest BCUT2D eigenvalue weighted by molar-refractivity contribution is 5.98. The Labute approximate surface area is 217 Å². The maximum atomic E-state index is 13.0. The third-order valence-corrected chi connectivity index (χ3v) is 5.56. The van der Waals surface area contributed by atoms with Crippen LogP contribution in [0, 0.1) is 0 Å². The number of carbonyl (C=O) groups is 3. The molecule has 0 bridgehead atoms. The monoisotopic (exact) mass is 540 g/mol. The van der Waals surface area contributed by atoms with E-state index in [1.54, 1.807) is 18.2 Å². The van der Waals surface area contributed by atoms with Gasteiger partial charge in [-0.25, -0.2) is 9.50 Å².